The third-order valence-electron chi connectivity index (χ3n) is 13.2. The van der Waals surface area contributed by atoms with E-state index in [0.29, 0.717) is 19.4 Å². The van der Waals surface area contributed by atoms with Crippen molar-refractivity contribution in [2.45, 2.75) is 281 Å². The lowest BCUT2D eigenvalue weighted by Gasteiger charge is -2.40. The summed E-state index contributed by atoms with van der Waals surface area (Å²) in [4.78, 5) is 25.1. The summed E-state index contributed by atoms with van der Waals surface area (Å²) < 4.78 is 16.7. The number of aliphatic hydroxyl groups excluding tert-OH is 5. The van der Waals surface area contributed by atoms with Crippen molar-refractivity contribution >= 4 is 11.9 Å². The number of hydrogen-bond acceptors (Lipinski definition) is 10. The lowest BCUT2D eigenvalue weighted by atomic mass is 9.99. The number of allylic oxidation sites excluding steroid dienone is 11. The molecule has 416 valence electrons. The van der Waals surface area contributed by atoms with Crippen molar-refractivity contribution in [2.75, 3.05) is 19.8 Å². The van der Waals surface area contributed by atoms with Crippen LogP contribution in [0.4, 0.5) is 0 Å². The molecule has 0 spiro atoms. The van der Waals surface area contributed by atoms with Crippen molar-refractivity contribution < 1.29 is 49.3 Å². The van der Waals surface area contributed by atoms with Crippen LogP contribution in [0.5, 0.6) is 0 Å². The molecule has 1 saturated heterocycles. The number of amides is 1. The Morgan fingerprint density at radius 1 is 0.514 bits per heavy atom. The van der Waals surface area contributed by atoms with E-state index in [1.165, 1.54) is 103 Å². The number of ether oxygens (including phenoxy) is 3. The number of nitrogens with one attached hydrogen (secondary N) is 1. The minimum atomic E-state index is -1.58. The first kappa shape index (κ1) is 67.1. The highest BCUT2D eigenvalue weighted by Gasteiger charge is 2.44. The van der Waals surface area contributed by atoms with Crippen LogP contribution in [0.15, 0.2) is 72.9 Å². The number of esters is 1. The van der Waals surface area contributed by atoms with Gasteiger partial charge < -0.3 is 45.1 Å². The molecule has 7 unspecified atom stereocenters. The first-order valence-corrected chi connectivity index (χ1v) is 29.2. The molecule has 1 aliphatic rings. The van der Waals surface area contributed by atoms with Crippen molar-refractivity contribution in [3.8, 4) is 0 Å². The van der Waals surface area contributed by atoms with Gasteiger partial charge in [-0.2, -0.15) is 0 Å². The van der Waals surface area contributed by atoms with Crippen LogP contribution in [-0.2, 0) is 23.8 Å². The Kier molecular flexibility index (Phi) is 46.9. The van der Waals surface area contributed by atoms with Crippen molar-refractivity contribution in [1.82, 2.24) is 5.32 Å². The predicted octanol–water partition coefficient (Wildman–Crippen LogP) is 13.2. The monoisotopic (exact) mass is 1010 g/mol. The Bertz CT molecular complexity index is 1430. The number of hydrogen-bond donors (Lipinski definition) is 6. The Morgan fingerprint density at radius 3 is 1.51 bits per heavy atom. The highest BCUT2D eigenvalue weighted by atomic mass is 16.7. The van der Waals surface area contributed by atoms with Gasteiger partial charge in [-0.05, 0) is 109 Å². The second-order valence-corrected chi connectivity index (χ2v) is 20.0. The second kappa shape index (κ2) is 50.3. The van der Waals surface area contributed by atoms with Crippen LogP contribution < -0.4 is 5.32 Å². The summed E-state index contributed by atoms with van der Waals surface area (Å²) in [5.41, 5.74) is 0. The summed E-state index contributed by atoms with van der Waals surface area (Å²) in [7, 11) is 0. The van der Waals surface area contributed by atoms with Crippen LogP contribution in [0.2, 0.25) is 0 Å². The summed E-state index contributed by atoms with van der Waals surface area (Å²) in [6.07, 6.45) is 55.5. The van der Waals surface area contributed by atoms with Gasteiger partial charge in [-0.3, -0.25) is 9.59 Å². The normalized spacial score (nSPS) is 19.6. The summed E-state index contributed by atoms with van der Waals surface area (Å²) in [5.74, 6) is -0.260. The molecule has 0 aliphatic carbocycles. The minimum absolute atomic E-state index is 0.0495. The van der Waals surface area contributed by atoms with Crippen LogP contribution in [0.25, 0.3) is 0 Å². The van der Waals surface area contributed by atoms with Gasteiger partial charge in [0.05, 0.1) is 32.0 Å². The fourth-order valence-electron chi connectivity index (χ4n) is 8.57. The van der Waals surface area contributed by atoms with Crippen LogP contribution in [0.1, 0.15) is 239 Å². The average Bonchev–Trinajstić information content (AvgIpc) is 3.38. The van der Waals surface area contributed by atoms with Gasteiger partial charge >= 0.3 is 5.97 Å². The van der Waals surface area contributed by atoms with E-state index in [1.54, 1.807) is 6.08 Å². The van der Waals surface area contributed by atoms with Gasteiger partial charge in [0.2, 0.25) is 5.91 Å². The third-order valence-corrected chi connectivity index (χ3v) is 13.2. The Morgan fingerprint density at radius 2 is 0.972 bits per heavy atom. The first-order chi connectivity index (χ1) is 35.2. The summed E-state index contributed by atoms with van der Waals surface area (Å²) >= 11 is 0. The summed E-state index contributed by atoms with van der Waals surface area (Å²) in [6, 6.07) is -0.842. The second-order valence-electron chi connectivity index (χ2n) is 20.0. The molecule has 0 saturated carbocycles. The fourth-order valence-corrected chi connectivity index (χ4v) is 8.57. The number of carbonyl (C=O) groups is 2. The maximum absolute atomic E-state index is 13.0. The maximum atomic E-state index is 13.0. The molecule has 72 heavy (non-hydrogen) atoms. The van der Waals surface area contributed by atoms with Crippen molar-refractivity contribution in [3.05, 3.63) is 72.9 Å². The molecule has 0 radical (unpaired) electrons. The summed E-state index contributed by atoms with van der Waals surface area (Å²) in [6.45, 7) is 4.18. The molecule has 11 heteroatoms. The largest absolute Gasteiger partial charge is 0.466 e. The van der Waals surface area contributed by atoms with Crippen LogP contribution in [-0.4, -0.2) is 100 Å². The lowest BCUT2D eigenvalue weighted by Crippen LogP contribution is -2.60. The highest BCUT2D eigenvalue weighted by molar-refractivity contribution is 5.76. The van der Waals surface area contributed by atoms with Gasteiger partial charge in [0.15, 0.2) is 6.29 Å². The maximum Gasteiger partial charge on any atom is 0.305 e. The van der Waals surface area contributed by atoms with Gasteiger partial charge in [0.25, 0.3) is 0 Å². The van der Waals surface area contributed by atoms with E-state index in [9.17, 15) is 35.1 Å². The van der Waals surface area contributed by atoms with E-state index in [2.05, 4.69) is 79.9 Å². The molecule has 6 N–H and O–H groups in total. The van der Waals surface area contributed by atoms with Crippen molar-refractivity contribution in [3.63, 3.8) is 0 Å². The zero-order valence-corrected chi connectivity index (χ0v) is 45.6. The molecule has 0 aromatic carbocycles. The minimum Gasteiger partial charge on any atom is -0.466 e. The highest BCUT2D eigenvalue weighted by Crippen LogP contribution is 2.23. The molecule has 0 aromatic rings. The van der Waals surface area contributed by atoms with Crippen LogP contribution in [0, 0.1) is 0 Å². The number of rotatable bonds is 49. The van der Waals surface area contributed by atoms with Crippen LogP contribution >= 0.6 is 0 Å². The lowest BCUT2D eigenvalue weighted by molar-refractivity contribution is -0.302. The predicted molar refractivity (Wildman–Crippen MR) is 296 cm³/mol. The van der Waals surface area contributed by atoms with Crippen molar-refractivity contribution in [1.29, 1.82) is 0 Å². The van der Waals surface area contributed by atoms with E-state index in [0.717, 1.165) is 109 Å². The molecular formula is C61H107NO10. The molecule has 0 aromatic heterocycles. The fraction of sp³-hybridized carbons (Fsp3) is 0.770. The van der Waals surface area contributed by atoms with Gasteiger partial charge in [0, 0.05) is 12.8 Å². The smallest absolute Gasteiger partial charge is 0.305 e. The summed E-state index contributed by atoms with van der Waals surface area (Å²) in [5, 5.41) is 54.3. The van der Waals surface area contributed by atoms with E-state index >= 15 is 0 Å². The molecule has 1 amide bonds. The number of aliphatic hydroxyl groups is 5. The standard InChI is InChI=1S/C61H107NO10/c1-3-5-7-9-11-13-15-17-24-27-31-35-39-43-47-54(64)53(52-71-61-60(69)59(68)58(67)55(51-63)72-61)62-56(65)48-44-40-36-32-28-25-21-19-18-20-22-26-30-34-38-42-46-50-70-57(66)49-45-41-37-33-29-23-16-14-12-10-8-6-4-2/h8,10,14,16,18,20,26-27,30-31,43,47,53-55,58-61,63-64,67-69H,3-7,9,11-13,15,17,19,21-25,28-29,32-42,44-46,48-52H2,1-2H3,(H,62,65)/b10-8-,16-14-,20-18-,30-26-,31-27+,47-43+. The van der Waals surface area contributed by atoms with Crippen molar-refractivity contribution in [2.24, 2.45) is 0 Å². The molecular weight excluding hydrogens is 907 g/mol. The van der Waals surface area contributed by atoms with Gasteiger partial charge in [0.1, 0.15) is 24.4 Å². The van der Waals surface area contributed by atoms with E-state index < -0.39 is 49.5 Å². The Labute approximate surface area is 439 Å². The van der Waals surface area contributed by atoms with Gasteiger partial charge in [-0.25, -0.2) is 0 Å². The van der Waals surface area contributed by atoms with Crippen LogP contribution in [0.3, 0.4) is 0 Å². The van der Waals surface area contributed by atoms with Gasteiger partial charge in [-0.1, -0.05) is 189 Å². The molecule has 1 heterocycles. The molecule has 11 nitrogen and oxygen atoms in total. The zero-order chi connectivity index (χ0) is 52.4. The molecule has 1 fully saturated rings. The zero-order valence-electron chi connectivity index (χ0n) is 45.6. The SMILES string of the molecule is CCC/C=C\C/C=C\CCCCCCCC(=O)OCCCCC/C=C\C/C=C\CCCCCCCCCC(=O)NC(COC1OC(CO)C(O)C(O)C1O)C(O)/C=C/CC/C=C/CCCCCCCCCC. The van der Waals surface area contributed by atoms with Gasteiger partial charge in [-0.15, -0.1) is 0 Å². The Balaban J connectivity index is 2.17. The average molecular weight is 1010 g/mol. The molecule has 7 atom stereocenters. The number of unbranched alkanes of at least 4 members (excludes halogenated alkanes) is 25. The molecule has 1 aliphatic heterocycles. The Hall–Kier alpha value is -2.90. The first-order valence-electron chi connectivity index (χ1n) is 29.2. The topological polar surface area (TPSA) is 175 Å². The number of carbonyl (C=O) groups excluding carboxylic acids is 2. The molecule has 1 rings (SSSR count). The third kappa shape index (κ3) is 39.5. The quantitative estimate of drug-likeness (QED) is 0.0195. The van der Waals surface area contributed by atoms with E-state index in [4.69, 9.17) is 14.2 Å². The van der Waals surface area contributed by atoms with E-state index in [1.807, 2.05) is 6.08 Å². The molecule has 0 bridgehead atoms. The van der Waals surface area contributed by atoms with E-state index in [-0.39, 0.29) is 18.5 Å².